The van der Waals surface area contributed by atoms with E-state index in [1.54, 1.807) is 24.3 Å². The zero-order valence-corrected chi connectivity index (χ0v) is 13.4. The second kappa shape index (κ2) is 6.52. The van der Waals surface area contributed by atoms with E-state index in [0.717, 1.165) is 17.4 Å². The number of hydrogen-bond acceptors (Lipinski definition) is 6. The van der Waals surface area contributed by atoms with Gasteiger partial charge in [-0.15, -0.1) is 5.10 Å². The van der Waals surface area contributed by atoms with Gasteiger partial charge in [0.25, 0.3) is 6.43 Å². The summed E-state index contributed by atoms with van der Waals surface area (Å²) in [5.74, 6) is -0.514. The Morgan fingerprint density at radius 3 is 2.48 bits per heavy atom. The molecule has 0 unspecified atom stereocenters. The maximum absolute atomic E-state index is 13.1. The van der Waals surface area contributed by atoms with Crippen molar-refractivity contribution in [1.82, 2.24) is 30.2 Å². The summed E-state index contributed by atoms with van der Waals surface area (Å²) in [5.41, 5.74) is 1.22. The molecule has 6 nitrogen and oxygen atoms in total. The molecule has 0 bridgehead atoms. The molecular weight excluding hydrogens is 346 g/mol. The molecular formula is C16H10F2N6S. The molecule has 2 aromatic heterocycles. The summed E-state index contributed by atoms with van der Waals surface area (Å²) in [6.45, 7) is 0. The molecule has 0 fully saturated rings. The van der Waals surface area contributed by atoms with E-state index < -0.39 is 12.2 Å². The van der Waals surface area contributed by atoms with Crippen molar-refractivity contribution >= 4 is 22.7 Å². The maximum Gasteiger partial charge on any atom is 0.297 e. The van der Waals surface area contributed by atoms with Gasteiger partial charge in [-0.25, -0.2) is 18.7 Å². The summed E-state index contributed by atoms with van der Waals surface area (Å²) in [5, 5.41) is 13.1. The van der Waals surface area contributed by atoms with Gasteiger partial charge in [0.15, 0.2) is 5.82 Å². The van der Waals surface area contributed by atoms with Crippen molar-refractivity contribution in [2.75, 3.05) is 0 Å². The first-order chi connectivity index (χ1) is 12.2. The van der Waals surface area contributed by atoms with Gasteiger partial charge in [0.1, 0.15) is 5.03 Å². The number of rotatable bonds is 4. The third-order valence-corrected chi connectivity index (χ3v) is 4.35. The van der Waals surface area contributed by atoms with Crippen molar-refractivity contribution in [3.05, 3.63) is 60.4 Å². The molecule has 0 amide bonds. The van der Waals surface area contributed by atoms with Crippen LogP contribution < -0.4 is 0 Å². The summed E-state index contributed by atoms with van der Waals surface area (Å²) in [7, 11) is 0. The zero-order valence-electron chi connectivity index (χ0n) is 12.6. The van der Waals surface area contributed by atoms with Crippen molar-refractivity contribution in [3.8, 4) is 5.69 Å². The van der Waals surface area contributed by atoms with Crippen LogP contribution in [0.25, 0.3) is 16.6 Å². The third kappa shape index (κ3) is 3.05. The fourth-order valence-corrected chi connectivity index (χ4v) is 3.20. The molecule has 2 aromatic carbocycles. The maximum atomic E-state index is 13.1. The van der Waals surface area contributed by atoms with E-state index in [0.29, 0.717) is 21.1 Å². The van der Waals surface area contributed by atoms with Crippen LogP contribution in [0.15, 0.2) is 64.8 Å². The van der Waals surface area contributed by atoms with Gasteiger partial charge in [-0.1, -0.05) is 36.4 Å². The molecule has 0 saturated heterocycles. The molecule has 0 aliphatic heterocycles. The van der Waals surface area contributed by atoms with E-state index in [9.17, 15) is 8.78 Å². The fourth-order valence-electron chi connectivity index (χ4n) is 2.30. The highest BCUT2D eigenvalue weighted by molar-refractivity contribution is 7.99. The molecule has 0 radical (unpaired) electrons. The highest BCUT2D eigenvalue weighted by Crippen LogP contribution is 2.32. The first-order valence-corrected chi connectivity index (χ1v) is 8.10. The Labute approximate surface area is 144 Å². The molecule has 0 aliphatic rings. The van der Waals surface area contributed by atoms with Crippen molar-refractivity contribution < 1.29 is 8.78 Å². The minimum Gasteiger partial charge on any atom is -0.227 e. The van der Waals surface area contributed by atoms with E-state index in [1.165, 1.54) is 4.68 Å². The fraction of sp³-hybridized carbons (Fsp3) is 0.0625. The van der Waals surface area contributed by atoms with E-state index >= 15 is 0 Å². The number of halogens is 2. The van der Waals surface area contributed by atoms with Crippen LogP contribution in [-0.4, -0.2) is 30.2 Å². The van der Waals surface area contributed by atoms with Crippen LogP contribution in [0.4, 0.5) is 8.78 Å². The van der Waals surface area contributed by atoms with Crippen LogP contribution in [-0.2, 0) is 0 Å². The number of para-hydroxylation sites is 2. The van der Waals surface area contributed by atoms with Gasteiger partial charge in [0.2, 0.25) is 5.16 Å². The quantitative estimate of drug-likeness (QED) is 0.520. The molecule has 0 spiro atoms. The Hall–Kier alpha value is -2.94. The number of benzene rings is 2. The summed E-state index contributed by atoms with van der Waals surface area (Å²) in [6.07, 6.45) is -2.76. The van der Waals surface area contributed by atoms with Gasteiger partial charge in [-0.2, -0.15) is 4.68 Å². The lowest BCUT2D eigenvalue weighted by molar-refractivity contribution is 0.140. The zero-order chi connectivity index (χ0) is 17.2. The van der Waals surface area contributed by atoms with Crippen LogP contribution in [0.5, 0.6) is 0 Å². The molecule has 25 heavy (non-hydrogen) atoms. The second-order valence-corrected chi connectivity index (χ2v) is 5.97. The SMILES string of the molecule is FC(F)c1nc(Sc2nnnn2-c2ccccc2)c2ccccc2n1. The first kappa shape index (κ1) is 15.6. The lowest BCUT2D eigenvalue weighted by atomic mass is 10.2. The number of aromatic nitrogens is 6. The first-order valence-electron chi connectivity index (χ1n) is 7.29. The Bertz CT molecular complexity index is 1020. The number of nitrogens with zero attached hydrogens (tertiary/aromatic N) is 6. The molecule has 0 aliphatic carbocycles. The summed E-state index contributed by atoms with van der Waals surface area (Å²) < 4.78 is 27.8. The lowest BCUT2D eigenvalue weighted by Crippen LogP contribution is -2.01. The number of fused-ring (bicyclic) bond motifs is 1. The number of tetrazole rings is 1. The highest BCUT2D eigenvalue weighted by Gasteiger charge is 2.18. The summed E-state index contributed by atoms with van der Waals surface area (Å²) in [6, 6.07) is 16.3. The topological polar surface area (TPSA) is 69.4 Å². The van der Waals surface area contributed by atoms with Crippen molar-refractivity contribution in [1.29, 1.82) is 0 Å². The number of alkyl halides is 2. The van der Waals surface area contributed by atoms with Crippen molar-refractivity contribution in [2.45, 2.75) is 16.6 Å². The molecule has 0 atom stereocenters. The van der Waals surface area contributed by atoms with Crippen LogP contribution in [0.2, 0.25) is 0 Å². The predicted molar refractivity (Wildman–Crippen MR) is 87.8 cm³/mol. The Balaban J connectivity index is 1.81. The van der Waals surface area contributed by atoms with Gasteiger partial charge in [0.05, 0.1) is 11.2 Å². The normalized spacial score (nSPS) is 11.3. The van der Waals surface area contributed by atoms with Crippen LogP contribution in [0.1, 0.15) is 12.2 Å². The largest absolute Gasteiger partial charge is 0.297 e. The average Bonchev–Trinajstić information content (AvgIpc) is 3.10. The van der Waals surface area contributed by atoms with Gasteiger partial charge in [0, 0.05) is 5.39 Å². The summed E-state index contributed by atoms with van der Waals surface area (Å²) >= 11 is 1.12. The van der Waals surface area contributed by atoms with Crippen LogP contribution in [0, 0.1) is 0 Å². The molecule has 2 heterocycles. The van der Waals surface area contributed by atoms with Gasteiger partial charge in [-0.05, 0) is 40.4 Å². The van der Waals surface area contributed by atoms with Crippen molar-refractivity contribution in [2.24, 2.45) is 0 Å². The number of hydrogen-bond donors (Lipinski definition) is 0. The van der Waals surface area contributed by atoms with Crippen LogP contribution >= 0.6 is 11.8 Å². The average molecular weight is 356 g/mol. The predicted octanol–water partition coefficient (Wildman–Crippen LogP) is 3.69. The van der Waals surface area contributed by atoms with E-state index in [-0.39, 0.29) is 0 Å². The second-order valence-electron chi connectivity index (χ2n) is 5.02. The lowest BCUT2D eigenvalue weighted by Gasteiger charge is -2.08. The smallest absolute Gasteiger partial charge is 0.227 e. The Kier molecular flexibility index (Phi) is 4.06. The summed E-state index contributed by atoms with van der Waals surface area (Å²) in [4.78, 5) is 7.92. The molecule has 9 heteroatoms. The molecule has 0 saturated carbocycles. The third-order valence-electron chi connectivity index (χ3n) is 3.41. The van der Waals surface area contributed by atoms with Crippen LogP contribution in [0.3, 0.4) is 0 Å². The molecule has 4 rings (SSSR count). The Morgan fingerprint density at radius 2 is 1.68 bits per heavy atom. The molecule has 4 aromatic rings. The molecule has 124 valence electrons. The van der Waals surface area contributed by atoms with Gasteiger partial charge >= 0.3 is 0 Å². The highest BCUT2D eigenvalue weighted by atomic mass is 32.2. The van der Waals surface area contributed by atoms with Gasteiger partial charge < -0.3 is 0 Å². The Morgan fingerprint density at radius 1 is 0.920 bits per heavy atom. The van der Waals surface area contributed by atoms with Crippen molar-refractivity contribution in [3.63, 3.8) is 0 Å². The van der Waals surface area contributed by atoms with E-state index in [2.05, 4.69) is 25.5 Å². The van der Waals surface area contributed by atoms with E-state index in [4.69, 9.17) is 0 Å². The minimum absolute atomic E-state index is 0.382. The van der Waals surface area contributed by atoms with E-state index in [1.807, 2.05) is 30.3 Å². The van der Waals surface area contributed by atoms with Gasteiger partial charge in [-0.3, -0.25) is 0 Å². The molecule has 0 N–H and O–H groups in total. The minimum atomic E-state index is -2.76. The standard InChI is InChI=1S/C16H10F2N6S/c17-13(18)14-19-12-9-5-4-8-11(12)15(20-14)25-16-21-22-23-24(16)10-6-2-1-3-7-10/h1-9,13H. The monoisotopic (exact) mass is 356 g/mol.